The van der Waals surface area contributed by atoms with Gasteiger partial charge in [0.1, 0.15) is 5.57 Å². The van der Waals surface area contributed by atoms with Gasteiger partial charge in [-0.25, -0.2) is 4.79 Å². The molecule has 0 aromatic carbocycles. The fraction of sp³-hybridized carbons (Fsp3) is 0.692. The van der Waals surface area contributed by atoms with E-state index in [2.05, 4.69) is 6.92 Å². The quantitative estimate of drug-likeness (QED) is 0.505. The first kappa shape index (κ1) is 11.4. The lowest BCUT2D eigenvalue weighted by atomic mass is 9.64. The Morgan fingerprint density at radius 3 is 2.69 bits per heavy atom. The van der Waals surface area contributed by atoms with Gasteiger partial charge in [0.15, 0.2) is 5.78 Å². The predicted molar refractivity (Wildman–Crippen MR) is 59.9 cm³/mol. The lowest BCUT2D eigenvalue weighted by molar-refractivity contribution is -0.138. The third-order valence-electron chi connectivity index (χ3n) is 4.01. The summed E-state index contributed by atoms with van der Waals surface area (Å²) >= 11 is 0. The summed E-state index contributed by atoms with van der Waals surface area (Å²) in [6, 6.07) is 0. The van der Waals surface area contributed by atoms with Gasteiger partial charge in [0.2, 0.25) is 0 Å². The number of esters is 1. The lowest BCUT2D eigenvalue weighted by Gasteiger charge is -2.40. The molecule has 1 fully saturated rings. The molecule has 1 atom stereocenters. The predicted octanol–water partition coefficient (Wildman–Crippen LogP) is 2.40. The molecule has 0 spiro atoms. The van der Waals surface area contributed by atoms with Crippen molar-refractivity contribution in [3.05, 3.63) is 11.1 Å². The van der Waals surface area contributed by atoms with Crippen molar-refractivity contribution in [1.82, 2.24) is 0 Å². The maximum atomic E-state index is 11.8. The van der Waals surface area contributed by atoms with Crippen LogP contribution >= 0.6 is 0 Å². The number of rotatable bonds is 1. The average molecular weight is 222 g/mol. The number of ketones is 1. The summed E-state index contributed by atoms with van der Waals surface area (Å²) in [5.41, 5.74) is 1.48. The monoisotopic (exact) mass is 222 g/mol. The Morgan fingerprint density at radius 2 is 2.00 bits per heavy atom. The molecule has 0 unspecified atom stereocenters. The van der Waals surface area contributed by atoms with Crippen LogP contribution in [0, 0.1) is 5.41 Å². The number of hydrogen-bond donors (Lipinski definition) is 0. The highest BCUT2D eigenvalue weighted by molar-refractivity contribution is 6.18. The van der Waals surface area contributed by atoms with Gasteiger partial charge in [-0.05, 0) is 36.7 Å². The van der Waals surface area contributed by atoms with E-state index in [0.29, 0.717) is 12.0 Å². The van der Waals surface area contributed by atoms with Gasteiger partial charge in [0.25, 0.3) is 0 Å². The highest BCUT2D eigenvalue weighted by Gasteiger charge is 2.41. The summed E-state index contributed by atoms with van der Waals surface area (Å²) < 4.78 is 4.74. The zero-order valence-corrected chi connectivity index (χ0v) is 9.97. The zero-order valence-electron chi connectivity index (χ0n) is 9.97. The van der Waals surface area contributed by atoms with Gasteiger partial charge in [0, 0.05) is 6.42 Å². The second kappa shape index (κ2) is 4.04. The molecule has 0 aromatic heterocycles. The zero-order chi connectivity index (χ0) is 11.8. The van der Waals surface area contributed by atoms with Gasteiger partial charge in [-0.15, -0.1) is 0 Å². The summed E-state index contributed by atoms with van der Waals surface area (Å²) in [6.45, 7) is 2.18. The second-order valence-corrected chi connectivity index (χ2v) is 5.04. The molecule has 3 heteroatoms. The van der Waals surface area contributed by atoms with E-state index in [1.54, 1.807) is 0 Å². The van der Waals surface area contributed by atoms with Crippen molar-refractivity contribution in [2.75, 3.05) is 7.11 Å². The van der Waals surface area contributed by atoms with Crippen LogP contribution in [0.4, 0.5) is 0 Å². The fourth-order valence-corrected chi connectivity index (χ4v) is 2.99. The van der Waals surface area contributed by atoms with Crippen molar-refractivity contribution >= 4 is 11.8 Å². The second-order valence-electron chi connectivity index (χ2n) is 5.04. The van der Waals surface area contributed by atoms with Crippen molar-refractivity contribution < 1.29 is 14.3 Å². The van der Waals surface area contributed by atoms with E-state index in [1.165, 1.54) is 13.5 Å². The molecule has 88 valence electrons. The molecule has 0 aliphatic heterocycles. The van der Waals surface area contributed by atoms with E-state index in [1.807, 2.05) is 0 Å². The molecule has 3 nitrogen and oxygen atoms in total. The summed E-state index contributed by atoms with van der Waals surface area (Å²) in [7, 11) is 1.35. The van der Waals surface area contributed by atoms with E-state index >= 15 is 0 Å². The molecule has 16 heavy (non-hydrogen) atoms. The molecular formula is C13H18O3. The van der Waals surface area contributed by atoms with Gasteiger partial charge in [0.05, 0.1) is 7.11 Å². The summed E-state index contributed by atoms with van der Waals surface area (Å²) in [5.74, 6) is -0.464. The Balaban J connectivity index is 2.48. The maximum absolute atomic E-state index is 11.8. The smallest absolute Gasteiger partial charge is 0.341 e. The minimum absolute atomic E-state index is 0.0266. The third-order valence-corrected chi connectivity index (χ3v) is 4.01. The number of hydrogen-bond acceptors (Lipinski definition) is 3. The highest BCUT2D eigenvalue weighted by Crippen LogP contribution is 2.48. The number of Topliss-reactive ketones (excluding diaryl/α,β-unsaturated/α-hetero) is 1. The van der Waals surface area contributed by atoms with Gasteiger partial charge < -0.3 is 4.74 Å². The lowest BCUT2D eigenvalue weighted by Crippen LogP contribution is -2.34. The number of carbonyl (C=O) groups excluding carboxylic acids is 2. The molecule has 0 radical (unpaired) electrons. The highest BCUT2D eigenvalue weighted by atomic mass is 16.5. The standard InChI is InChI=1S/C13H18O3/c1-13-7-4-3-5-9(13)11(12(15)16-2)10(14)6-8-13/h3-8H2,1-2H3/t13-/m0/s1. The Labute approximate surface area is 95.9 Å². The minimum atomic E-state index is -0.437. The topological polar surface area (TPSA) is 43.4 Å². The van der Waals surface area contributed by atoms with E-state index in [4.69, 9.17) is 4.74 Å². The number of methoxy groups -OCH3 is 1. The van der Waals surface area contributed by atoms with Crippen LogP contribution in [-0.2, 0) is 14.3 Å². The molecule has 0 N–H and O–H groups in total. The summed E-state index contributed by atoms with van der Waals surface area (Å²) in [4.78, 5) is 23.5. The van der Waals surface area contributed by atoms with E-state index < -0.39 is 5.97 Å². The van der Waals surface area contributed by atoms with Crippen LogP contribution in [0.2, 0.25) is 0 Å². The molecule has 2 rings (SSSR count). The van der Waals surface area contributed by atoms with E-state index in [-0.39, 0.29) is 11.2 Å². The van der Waals surface area contributed by atoms with Crippen LogP contribution in [0.15, 0.2) is 11.1 Å². The molecule has 2 aliphatic carbocycles. The van der Waals surface area contributed by atoms with Gasteiger partial charge in [-0.2, -0.15) is 0 Å². The molecule has 0 heterocycles. The van der Waals surface area contributed by atoms with Gasteiger partial charge in [-0.1, -0.05) is 13.3 Å². The molecular weight excluding hydrogens is 204 g/mol. The van der Waals surface area contributed by atoms with Crippen molar-refractivity contribution in [1.29, 1.82) is 0 Å². The molecule has 1 saturated carbocycles. The molecule has 0 saturated heterocycles. The normalized spacial score (nSPS) is 30.0. The van der Waals surface area contributed by atoms with Crippen molar-refractivity contribution in [2.45, 2.75) is 45.4 Å². The van der Waals surface area contributed by atoms with Crippen molar-refractivity contribution in [3.8, 4) is 0 Å². The van der Waals surface area contributed by atoms with Crippen molar-refractivity contribution in [3.63, 3.8) is 0 Å². The third kappa shape index (κ3) is 1.68. The van der Waals surface area contributed by atoms with Crippen LogP contribution in [0.25, 0.3) is 0 Å². The van der Waals surface area contributed by atoms with Gasteiger partial charge >= 0.3 is 5.97 Å². The van der Waals surface area contributed by atoms with Crippen molar-refractivity contribution in [2.24, 2.45) is 5.41 Å². The van der Waals surface area contributed by atoms with Crippen LogP contribution in [0.3, 0.4) is 0 Å². The van der Waals surface area contributed by atoms with E-state index in [0.717, 1.165) is 31.3 Å². The largest absolute Gasteiger partial charge is 0.465 e. The number of allylic oxidation sites excluding steroid dienone is 1. The van der Waals surface area contributed by atoms with Crippen LogP contribution in [-0.4, -0.2) is 18.9 Å². The first-order valence-corrected chi connectivity index (χ1v) is 5.93. The van der Waals surface area contributed by atoms with Crippen LogP contribution in [0.5, 0.6) is 0 Å². The first-order valence-electron chi connectivity index (χ1n) is 5.93. The first-order chi connectivity index (χ1) is 7.58. The maximum Gasteiger partial charge on any atom is 0.341 e. The molecule has 0 aromatic rings. The minimum Gasteiger partial charge on any atom is -0.465 e. The fourth-order valence-electron chi connectivity index (χ4n) is 2.99. The number of carbonyl (C=O) groups is 2. The molecule has 0 amide bonds. The molecule has 0 bridgehead atoms. The summed E-state index contributed by atoms with van der Waals surface area (Å²) in [6.07, 6.45) is 5.64. The summed E-state index contributed by atoms with van der Waals surface area (Å²) in [5, 5.41) is 0. The Bertz CT molecular complexity index is 367. The van der Waals surface area contributed by atoms with E-state index in [9.17, 15) is 9.59 Å². The van der Waals surface area contributed by atoms with Gasteiger partial charge in [-0.3, -0.25) is 4.79 Å². The van der Waals surface area contributed by atoms with Crippen LogP contribution < -0.4 is 0 Å². The number of fused-ring (bicyclic) bond motifs is 1. The molecule has 2 aliphatic rings. The average Bonchev–Trinajstić information content (AvgIpc) is 2.29. The Kier molecular flexibility index (Phi) is 2.87. The number of ether oxygens (including phenoxy) is 1. The van der Waals surface area contributed by atoms with Crippen LogP contribution in [0.1, 0.15) is 45.4 Å². The SMILES string of the molecule is COC(=O)C1=C2CCCC[C@@]2(C)CCC1=O. The Hall–Kier alpha value is -1.12. The Morgan fingerprint density at radius 1 is 1.25 bits per heavy atom.